The molecule has 20 heavy (non-hydrogen) atoms. The molecule has 0 bridgehead atoms. The van der Waals surface area contributed by atoms with Crippen molar-refractivity contribution in [1.29, 1.82) is 0 Å². The van der Waals surface area contributed by atoms with Gasteiger partial charge in [0.1, 0.15) is 0 Å². The van der Waals surface area contributed by atoms with Crippen molar-refractivity contribution in [3.8, 4) is 22.8 Å². The molecule has 0 aliphatic rings. The smallest absolute Gasteiger partial charge is 0.184 e. The van der Waals surface area contributed by atoms with Gasteiger partial charge in [-0.2, -0.15) is 0 Å². The number of hydrogen-bond donors (Lipinski definition) is 0. The zero-order valence-corrected chi connectivity index (χ0v) is 13.3. The second-order valence-electron chi connectivity index (χ2n) is 4.34. The number of aromatic nitrogens is 1. The monoisotopic (exact) mass is 311 g/mol. The molecular formula is C15H18ClNO2S. The lowest BCUT2D eigenvalue weighted by Gasteiger charge is -2.13. The second kappa shape index (κ2) is 7.50. The van der Waals surface area contributed by atoms with Gasteiger partial charge in [-0.05, 0) is 31.0 Å². The fourth-order valence-electron chi connectivity index (χ4n) is 1.71. The Labute approximate surface area is 128 Å². The normalized spacial score (nSPS) is 10.6. The van der Waals surface area contributed by atoms with Crippen LogP contribution in [0.25, 0.3) is 11.3 Å². The van der Waals surface area contributed by atoms with E-state index in [1.54, 1.807) is 0 Å². The molecule has 0 aliphatic carbocycles. The Bertz CT molecular complexity index is 557. The van der Waals surface area contributed by atoms with Crippen LogP contribution in [0.3, 0.4) is 0 Å². The van der Waals surface area contributed by atoms with E-state index in [0.29, 0.717) is 17.7 Å². The van der Waals surface area contributed by atoms with Crippen molar-refractivity contribution in [3.05, 3.63) is 28.0 Å². The van der Waals surface area contributed by atoms with Crippen molar-refractivity contribution in [2.75, 3.05) is 13.2 Å². The van der Waals surface area contributed by atoms with E-state index < -0.39 is 0 Å². The zero-order valence-electron chi connectivity index (χ0n) is 11.7. The summed E-state index contributed by atoms with van der Waals surface area (Å²) in [5.74, 6) is 1.55. The largest absolute Gasteiger partial charge is 0.490 e. The summed E-state index contributed by atoms with van der Waals surface area (Å²) in [6.07, 6.45) is 1.93. The molecule has 0 spiro atoms. The maximum Gasteiger partial charge on any atom is 0.184 e. The van der Waals surface area contributed by atoms with Gasteiger partial charge in [-0.15, -0.1) is 11.3 Å². The third-order valence-corrected chi connectivity index (χ3v) is 3.62. The molecule has 1 heterocycles. The molecule has 1 aromatic heterocycles. The van der Waals surface area contributed by atoms with Crippen LogP contribution in [-0.4, -0.2) is 18.2 Å². The van der Waals surface area contributed by atoms with E-state index in [1.165, 1.54) is 11.3 Å². The lowest BCUT2D eigenvalue weighted by atomic mass is 10.1. The molecule has 0 atom stereocenters. The van der Waals surface area contributed by atoms with E-state index in [-0.39, 0.29) is 0 Å². The van der Waals surface area contributed by atoms with E-state index >= 15 is 0 Å². The summed E-state index contributed by atoms with van der Waals surface area (Å²) in [4.78, 5) is 4.28. The fourth-order valence-corrected chi connectivity index (χ4v) is 2.48. The summed E-state index contributed by atoms with van der Waals surface area (Å²) in [6.45, 7) is 5.52. The van der Waals surface area contributed by atoms with Crippen molar-refractivity contribution in [2.24, 2.45) is 0 Å². The lowest BCUT2D eigenvalue weighted by Crippen LogP contribution is -2.01. The first-order valence-electron chi connectivity index (χ1n) is 6.75. The zero-order chi connectivity index (χ0) is 14.4. The van der Waals surface area contributed by atoms with Gasteiger partial charge in [-0.3, -0.25) is 0 Å². The van der Waals surface area contributed by atoms with Crippen molar-refractivity contribution in [3.63, 3.8) is 0 Å². The number of benzene rings is 1. The van der Waals surface area contributed by atoms with Crippen molar-refractivity contribution < 1.29 is 9.47 Å². The molecule has 0 radical (unpaired) electrons. The molecule has 1 aromatic carbocycles. The van der Waals surface area contributed by atoms with Gasteiger partial charge in [0.2, 0.25) is 0 Å². The van der Waals surface area contributed by atoms with E-state index in [2.05, 4.69) is 18.8 Å². The Kier molecular flexibility index (Phi) is 5.68. The minimum absolute atomic E-state index is 0.544. The molecule has 0 saturated heterocycles. The first-order valence-corrected chi connectivity index (χ1v) is 8.01. The summed E-state index contributed by atoms with van der Waals surface area (Å²) in [5, 5.41) is 1.94. The van der Waals surface area contributed by atoms with Crippen molar-refractivity contribution in [2.45, 2.75) is 26.7 Å². The van der Waals surface area contributed by atoms with Crippen LogP contribution in [0.5, 0.6) is 11.5 Å². The lowest BCUT2D eigenvalue weighted by molar-refractivity contribution is 0.268. The SMILES string of the molecule is CCCOc1ccc(-c2csc(Cl)n2)cc1OCCC. The number of hydrogen-bond acceptors (Lipinski definition) is 4. The Morgan fingerprint density at radius 2 is 1.80 bits per heavy atom. The molecule has 0 amide bonds. The Balaban J connectivity index is 2.26. The predicted molar refractivity (Wildman–Crippen MR) is 84.1 cm³/mol. The van der Waals surface area contributed by atoms with Crippen molar-refractivity contribution >= 4 is 22.9 Å². The van der Waals surface area contributed by atoms with Gasteiger partial charge >= 0.3 is 0 Å². The van der Waals surface area contributed by atoms with Crippen LogP contribution in [0, 0.1) is 0 Å². The molecule has 2 rings (SSSR count). The first-order chi connectivity index (χ1) is 9.74. The van der Waals surface area contributed by atoms with Gasteiger partial charge in [0.15, 0.2) is 16.0 Å². The van der Waals surface area contributed by atoms with E-state index in [4.69, 9.17) is 21.1 Å². The highest BCUT2D eigenvalue weighted by atomic mass is 35.5. The molecule has 0 saturated carbocycles. The molecule has 0 aliphatic heterocycles. The molecule has 5 heteroatoms. The average Bonchev–Trinajstić information content (AvgIpc) is 2.90. The maximum atomic E-state index is 5.88. The molecule has 0 N–H and O–H groups in total. The molecule has 108 valence electrons. The minimum atomic E-state index is 0.544. The van der Waals surface area contributed by atoms with Crippen LogP contribution in [0.4, 0.5) is 0 Å². The summed E-state index contributed by atoms with van der Waals surface area (Å²) in [6, 6.07) is 5.88. The average molecular weight is 312 g/mol. The number of rotatable bonds is 7. The van der Waals surface area contributed by atoms with Gasteiger partial charge in [-0.1, -0.05) is 25.4 Å². The van der Waals surface area contributed by atoms with Gasteiger partial charge in [0, 0.05) is 10.9 Å². The highest BCUT2D eigenvalue weighted by molar-refractivity contribution is 7.14. The van der Waals surface area contributed by atoms with Crippen LogP contribution in [-0.2, 0) is 0 Å². The van der Waals surface area contributed by atoms with Crippen LogP contribution in [0.15, 0.2) is 23.6 Å². The van der Waals surface area contributed by atoms with Gasteiger partial charge in [0.05, 0.1) is 18.9 Å². The number of nitrogens with zero attached hydrogens (tertiary/aromatic N) is 1. The van der Waals surface area contributed by atoms with Gasteiger partial charge < -0.3 is 9.47 Å². The topological polar surface area (TPSA) is 31.4 Å². The molecular weight excluding hydrogens is 294 g/mol. The number of halogens is 1. The molecule has 3 nitrogen and oxygen atoms in total. The van der Waals surface area contributed by atoms with E-state index in [9.17, 15) is 0 Å². The summed E-state index contributed by atoms with van der Waals surface area (Å²) >= 11 is 7.31. The van der Waals surface area contributed by atoms with Gasteiger partial charge in [-0.25, -0.2) is 4.98 Å². The Morgan fingerprint density at radius 1 is 1.10 bits per heavy atom. The fraction of sp³-hybridized carbons (Fsp3) is 0.400. The highest BCUT2D eigenvalue weighted by Crippen LogP contribution is 2.34. The predicted octanol–water partition coefficient (Wildman–Crippen LogP) is 5.04. The quantitative estimate of drug-likeness (QED) is 0.717. The van der Waals surface area contributed by atoms with Crippen LogP contribution < -0.4 is 9.47 Å². The Morgan fingerprint density at radius 3 is 2.40 bits per heavy atom. The third kappa shape index (κ3) is 3.87. The van der Waals surface area contributed by atoms with Crippen LogP contribution in [0.1, 0.15) is 26.7 Å². The molecule has 0 unspecified atom stereocenters. The third-order valence-electron chi connectivity index (χ3n) is 2.64. The van der Waals surface area contributed by atoms with Gasteiger partial charge in [0.25, 0.3) is 0 Å². The van der Waals surface area contributed by atoms with Crippen molar-refractivity contribution in [1.82, 2.24) is 4.98 Å². The number of ether oxygens (including phenoxy) is 2. The number of thiazole rings is 1. The molecule has 2 aromatic rings. The maximum absolute atomic E-state index is 5.88. The minimum Gasteiger partial charge on any atom is -0.490 e. The van der Waals surface area contributed by atoms with Crippen LogP contribution in [0.2, 0.25) is 4.47 Å². The van der Waals surface area contributed by atoms with E-state index in [1.807, 2.05) is 23.6 Å². The van der Waals surface area contributed by atoms with Crippen LogP contribution >= 0.6 is 22.9 Å². The van der Waals surface area contributed by atoms with E-state index in [0.717, 1.165) is 35.6 Å². The molecule has 0 fully saturated rings. The standard InChI is InChI=1S/C15H18ClNO2S/c1-3-7-18-13-6-5-11(9-14(13)19-8-4-2)12-10-20-15(16)17-12/h5-6,9-10H,3-4,7-8H2,1-2H3. The summed E-state index contributed by atoms with van der Waals surface area (Å²) in [7, 11) is 0. The summed E-state index contributed by atoms with van der Waals surface area (Å²) in [5.41, 5.74) is 1.85. The second-order valence-corrected chi connectivity index (χ2v) is 5.78. The first kappa shape index (κ1) is 15.1. The highest BCUT2D eigenvalue weighted by Gasteiger charge is 2.10. The summed E-state index contributed by atoms with van der Waals surface area (Å²) < 4.78 is 12.0. The Hall–Kier alpha value is -1.26.